The molecule has 4 aromatic carbocycles. The van der Waals surface area contributed by atoms with Crippen LogP contribution in [0.3, 0.4) is 0 Å². The molecule has 4 aromatic rings. The lowest BCUT2D eigenvalue weighted by atomic mass is 9.81. The summed E-state index contributed by atoms with van der Waals surface area (Å²) in [5.74, 6) is -6.94. The topological polar surface area (TPSA) is 441 Å². The summed E-state index contributed by atoms with van der Waals surface area (Å²) in [5, 5.41) is 47.1. The van der Waals surface area contributed by atoms with Crippen LogP contribution in [0.15, 0.2) is 115 Å². The molecule has 0 bridgehead atoms. The molecule has 19 N–H and O–H groups in total. The van der Waals surface area contributed by atoms with Crippen LogP contribution < -0.4 is 70.8 Å². The Hall–Kier alpha value is -9.27. The Morgan fingerprint density at radius 2 is 0.701 bits per heavy atom. The standard InChI is InChI=1S/C81H117N13O13/c82-40-18-16-26-58(47-71(85)96)86-74(99)51-62(44-54-22-6-2-7-23-54)91-80(106)67-30-12-15-33-70(67)94-81(107)66-29-11-14-32-69(66)92-76(101)49-60(36-39-78(103)104)88-75(100)52-63(45-55-24-8-3-9-25-55)90-79(105)65-28-10-13-31-68(65)93-77(102)50-61(43-53-20-4-1-5-21-53)89-73(98)48-59(27-17-19-41-83)87-72(97)46-57(84)42-56-34-37-64(95)38-35-56/h1-9,20-25,34-35,37-38,57-63,65-70,95H,10-19,26-33,36,39-52,82-84H2,(H2,85,96)(H,86,99)(H,87,97)(H,88,100)(H,89,98)(H,90,105)(H,91,106)(H,92,101)(H,93,102)(H,94,107)(H,103,104)/t57-,58-,59-,60-,61-,62-,63-,65-,66-,67-,68-,69-,70-/m0/s1. The van der Waals surface area contributed by atoms with Gasteiger partial charge in [-0.15, -0.1) is 0 Å². The zero-order valence-corrected chi connectivity index (χ0v) is 62.0. The van der Waals surface area contributed by atoms with E-state index in [1.54, 1.807) is 24.3 Å². The molecule has 3 saturated carbocycles. The van der Waals surface area contributed by atoms with E-state index in [-0.39, 0.29) is 111 Å². The average Bonchev–Trinajstić information content (AvgIpc) is 0.832. The summed E-state index contributed by atoms with van der Waals surface area (Å²) in [7, 11) is 0. The van der Waals surface area contributed by atoms with Crippen LogP contribution in [0.2, 0.25) is 0 Å². The maximum Gasteiger partial charge on any atom is 0.303 e. The van der Waals surface area contributed by atoms with Crippen molar-refractivity contribution in [2.75, 3.05) is 13.1 Å². The van der Waals surface area contributed by atoms with Gasteiger partial charge in [-0.3, -0.25) is 52.7 Å². The lowest BCUT2D eigenvalue weighted by Crippen LogP contribution is -2.55. The molecule has 0 unspecified atom stereocenters. The molecular formula is C81H117N13O13. The van der Waals surface area contributed by atoms with Crippen LogP contribution in [0.5, 0.6) is 5.75 Å². The van der Waals surface area contributed by atoms with Gasteiger partial charge in [-0.25, -0.2) is 0 Å². The first kappa shape index (κ1) is 85.0. The number of carbonyl (C=O) groups excluding carboxylic acids is 10. The Kier molecular flexibility index (Phi) is 36.6. The van der Waals surface area contributed by atoms with Crippen molar-refractivity contribution in [1.82, 2.24) is 47.9 Å². The van der Waals surface area contributed by atoms with Crippen molar-refractivity contribution < 1.29 is 63.0 Å². The minimum absolute atomic E-state index is 0.00621. The fourth-order valence-electron chi connectivity index (χ4n) is 15.3. The van der Waals surface area contributed by atoms with E-state index in [1.165, 1.54) is 0 Å². The number of amides is 10. The molecule has 10 amide bonds. The maximum absolute atomic E-state index is 14.7. The van der Waals surface area contributed by atoms with Gasteiger partial charge in [0, 0.05) is 112 Å². The second kappa shape index (κ2) is 46.1. The molecule has 0 heterocycles. The first-order valence-electron chi connectivity index (χ1n) is 38.8. The van der Waals surface area contributed by atoms with Crippen LogP contribution in [0.25, 0.3) is 0 Å². The molecule has 26 heteroatoms. The van der Waals surface area contributed by atoms with Crippen molar-refractivity contribution in [2.45, 2.75) is 259 Å². The number of phenols is 1. The maximum atomic E-state index is 14.7. The van der Waals surface area contributed by atoms with Crippen LogP contribution in [0.1, 0.15) is 196 Å². The summed E-state index contributed by atoms with van der Waals surface area (Å²) < 4.78 is 0. The Labute approximate surface area is 629 Å². The third-order valence-electron chi connectivity index (χ3n) is 20.7. The second-order valence-corrected chi connectivity index (χ2v) is 29.7. The molecule has 26 nitrogen and oxygen atoms in total. The Balaban J connectivity index is 0.960. The van der Waals surface area contributed by atoms with E-state index in [0.717, 1.165) is 54.4 Å². The van der Waals surface area contributed by atoms with Crippen LogP contribution in [0, 0.1) is 17.8 Å². The van der Waals surface area contributed by atoms with Gasteiger partial charge in [-0.2, -0.15) is 0 Å². The van der Waals surface area contributed by atoms with Crippen molar-refractivity contribution >= 4 is 65.0 Å². The third kappa shape index (κ3) is 32.0. The lowest BCUT2D eigenvalue weighted by Gasteiger charge is -2.36. The number of phenolic OH excluding ortho intramolecular Hbond substituents is 1. The number of benzene rings is 4. The molecule has 0 radical (unpaired) electrons. The van der Waals surface area contributed by atoms with Crippen molar-refractivity contribution in [3.05, 3.63) is 138 Å². The van der Waals surface area contributed by atoms with Crippen LogP contribution >= 0.6 is 0 Å². The number of hydrogen-bond donors (Lipinski definition) is 15. The molecule has 3 aliphatic carbocycles. The molecule has 3 aliphatic rings. The van der Waals surface area contributed by atoms with Gasteiger partial charge in [0.25, 0.3) is 0 Å². The third-order valence-corrected chi connectivity index (χ3v) is 20.7. The summed E-state index contributed by atoms with van der Waals surface area (Å²) >= 11 is 0. The zero-order chi connectivity index (χ0) is 76.9. The number of aromatic hydroxyl groups is 1. The highest BCUT2D eigenvalue weighted by atomic mass is 16.4. The van der Waals surface area contributed by atoms with Crippen molar-refractivity contribution in [1.29, 1.82) is 0 Å². The van der Waals surface area contributed by atoms with Gasteiger partial charge in [0.2, 0.25) is 59.1 Å². The molecule has 107 heavy (non-hydrogen) atoms. The van der Waals surface area contributed by atoms with Crippen LogP contribution in [-0.2, 0) is 78.4 Å². The number of hydrogen-bond acceptors (Lipinski definition) is 15. The summed E-state index contributed by atoms with van der Waals surface area (Å²) in [4.78, 5) is 151. The molecule has 0 saturated heterocycles. The normalized spacial score (nSPS) is 19.8. The first-order chi connectivity index (χ1) is 51.6. The van der Waals surface area contributed by atoms with Gasteiger partial charge in [-0.05, 0) is 144 Å². The van der Waals surface area contributed by atoms with Crippen molar-refractivity contribution in [2.24, 2.45) is 40.7 Å². The monoisotopic (exact) mass is 1480 g/mol. The van der Waals surface area contributed by atoms with E-state index in [1.807, 2.05) is 91.0 Å². The number of primary amides is 1. The van der Waals surface area contributed by atoms with E-state index in [2.05, 4.69) is 47.9 Å². The van der Waals surface area contributed by atoms with Gasteiger partial charge >= 0.3 is 5.97 Å². The number of nitrogens with one attached hydrogen (secondary N) is 9. The highest BCUT2D eigenvalue weighted by molar-refractivity contribution is 5.87. The molecule has 584 valence electrons. The van der Waals surface area contributed by atoms with E-state index in [9.17, 15) is 63.0 Å². The summed E-state index contributed by atoms with van der Waals surface area (Å²) in [6, 6.07) is 28.5. The van der Waals surface area contributed by atoms with Crippen LogP contribution in [0.4, 0.5) is 0 Å². The van der Waals surface area contributed by atoms with E-state index < -0.39 is 102 Å². The van der Waals surface area contributed by atoms with Crippen molar-refractivity contribution in [3.8, 4) is 5.75 Å². The van der Waals surface area contributed by atoms with Gasteiger partial charge in [-0.1, -0.05) is 154 Å². The first-order valence-corrected chi connectivity index (χ1v) is 38.8. The number of carboxylic acid groups (broad SMARTS) is 1. The minimum Gasteiger partial charge on any atom is -0.508 e. The average molecular weight is 1480 g/mol. The number of carboxylic acids is 1. The fraction of sp³-hybridized carbons (Fsp3) is 0.568. The van der Waals surface area contributed by atoms with E-state index in [0.29, 0.717) is 116 Å². The zero-order valence-electron chi connectivity index (χ0n) is 62.0. The summed E-state index contributed by atoms with van der Waals surface area (Å²) in [5.41, 5.74) is 26.9. The molecule has 0 aliphatic heterocycles. The largest absolute Gasteiger partial charge is 0.508 e. The molecule has 0 spiro atoms. The Morgan fingerprint density at radius 1 is 0.364 bits per heavy atom. The van der Waals surface area contributed by atoms with Gasteiger partial charge < -0.3 is 81.0 Å². The highest BCUT2D eigenvalue weighted by Gasteiger charge is 2.39. The molecule has 13 atom stereocenters. The van der Waals surface area contributed by atoms with Crippen molar-refractivity contribution in [3.63, 3.8) is 0 Å². The molecule has 7 rings (SSSR count). The van der Waals surface area contributed by atoms with E-state index in [4.69, 9.17) is 22.9 Å². The van der Waals surface area contributed by atoms with Crippen LogP contribution in [-0.4, -0.2) is 149 Å². The van der Waals surface area contributed by atoms with Gasteiger partial charge in [0.1, 0.15) is 5.75 Å². The molecule has 0 aromatic heterocycles. The number of nitrogens with two attached hydrogens (primary N) is 4. The van der Waals surface area contributed by atoms with Gasteiger partial charge in [0.15, 0.2) is 0 Å². The second-order valence-electron chi connectivity index (χ2n) is 29.7. The molecule has 3 fully saturated rings. The number of unbranched alkanes of at least 4 members (excludes halogenated alkanes) is 2. The smallest absolute Gasteiger partial charge is 0.303 e. The number of carbonyl (C=O) groups is 11. The predicted molar refractivity (Wildman–Crippen MR) is 408 cm³/mol. The summed E-state index contributed by atoms with van der Waals surface area (Å²) in [6.07, 6.45) is 11.0. The minimum atomic E-state index is -1.14. The Morgan fingerprint density at radius 3 is 1.12 bits per heavy atom. The SMILES string of the molecule is NCCCC[C@@H](CC(N)=O)NC(=O)C[C@H](Cc1ccccc1)NC(=O)[C@H]1CCCC[C@@H]1NC(=O)[C@H]1CCCC[C@@H]1NC(=O)C[C@H](CCC(=O)O)NC(=O)C[C@H](Cc1ccccc1)NC(=O)[C@H]1CCCC[C@@H]1NC(=O)C[C@H](Cc1ccccc1)NC(=O)C[C@H](CCCCN)NC(=O)C[C@@H](N)Cc1ccc(O)cc1. The fourth-order valence-corrected chi connectivity index (χ4v) is 15.3. The molecular weight excluding hydrogens is 1360 g/mol. The quantitative estimate of drug-likeness (QED) is 0.0251. The van der Waals surface area contributed by atoms with E-state index >= 15 is 0 Å². The van der Waals surface area contributed by atoms with Gasteiger partial charge in [0.05, 0.1) is 17.8 Å². The highest BCUT2D eigenvalue weighted by Crippen LogP contribution is 2.30. The lowest BCUT2D eigenvalue weighted by molar-refractivity contribution is -0.138. The number of aliphatic carboxylic acids is 1. The predicted octanol–water partition coefficient (Wildman–Crippen LogP) is 5.26. The summed E-state index contributed by atoms with van der Waals surface area (Å²) in [6.45, 7) is 0.906. The number of rotatable bonds is 45. The Bertz CT molecular complexity index is 3460.